The van der Waals surface area contributed by atoms with E-state index in [1.165, 1.54) is 22.3 Å². The minimum Gasteiger partial charge on any atom is -0.369 e. The van der Waals surface area contributed by atoms with Crippen LogP contribution in [0.25, 0.3) is 33.4 Å². The number of hydrogen-bond donors (Lipinski definition) is 2. The van der Waals surface area contributed by atoms with Crippen molar-refractivity contribution >= 4 is 0 Å². The third kappa shape index (κ3) is 3.75. The third-order valence-corrected chi connectivity index (χ3v) is 9.50. The Hall–Kier alpha value is -5.64. The normalized spacial score (nSPS) is 14.8. The summed E-state index contributed by atoms with van der Waals surface area (Å²) in [6.07, 6.45) is 0.779. The van der Waals surface area contributed by atoms with Gasteiger partial charge < -0.3 is 10.2 Å². The van der Waals surface area contributed by atoms with Gasteiger partial charge in [-0.25, -0.2) is 0 Å². The minimum atomic E-state index is -1.35. The van der Waals surface area contributed by atoms with Gasteiger partial charge in [-0.15, -0.1) is 0 Å². The molecule has 0 unspecified atom stereocenters. The van der Waals surface area contributed by atoms with Gasteiger partial charge in [0.2, 0.25) is 0 Å². The highest BCUT2D eigenvalue weighted by molar-refractivity contribution is 5.84. The van der Waals surface area contributed by atoms with Gasteiger partial charge in [0.05, 0.1) is 0 Å². The molecule has 0 amide bonds. The second kappa shape index (κ2) is 9.43. The van der Waals surface area contributed by atoms with Crippen LogP contribution in [0.5, 0.6) is 0 Å². The fourth-order valence-electron chi connectivity index (χ4n) is 7.38. The summed E-state index contributed by atoms with van der Waals surface area (Å²) in [5.74, 6) is 13.1. The standard InChI is InChI=1S/C43H26O2/c44-42(38-13-5-1-9-34(38)35-10-2-6-14-39(35)42)23-21-28-17-19-32-30(25-28)27-31-26-29(18-20-33(31)32)22-24-43(45)40-15-7-3-11-36(40)37-12-4-8-16-41(37)43/h1-20,25-26,44-45H,27H2. The zero-order valence-electron chi connectivity index (χ0n) is 24.3. The summed E-state index contributed by atoms with van der Waals surface area (Å²) < 4.78 is 0. The topological polar surface area (TPSA) is 40.5 Å². The molecule has 210 valence electrons. The van der Waals surface area contributed by atoms with Gasteiger partial charge in [0.15, 0.2) is 11.2 Å². The Balaban J connectivity index is 1.03. The molecule has 0 fully saturated rings. The molecule has 45 heavy (non-hydrogen) atoms. The third-order valence-electron chi connectivity index (χ3n) is 9.50. The van der Waals surface area contributed by atoms with Crippen LogP contribution in [0.1, 0.15) is 44.5 Å². The monoisotopic (exact) mass is 574 g/mol. The highest BCUT2D eigenvalue weighted by Crippen LogP contribution is 2.48. The van der Waals surface area contributed by atoms with E-state index in [9.17, 15) is 10.2 Å². The van der Waals surface area contributed by atoms with Crippen molar-refractivity contribution in [2.24, 2.45) is 0 Å². The molecule has 0 aromatic heterocycles. The molecule has 6 aromatic carbocycles. The summed E-state index contributed by atoms with van der Waals surface area (Å²) in [5.41, 5.74) is 11.3. The first kappa shape index (κ1) is 25.8. The van der Waals surface area contributed by atoms with Crippen molar-refractivity contribution in [1.29, 1.82) is 0 Å². The van der Waals surface area contributed by atoms with Crippen LogP contribution >= 0.6 is 0 Å². The molecular weight excluding hydrogens is 548 g/mol. The lowest BCUT2D eigenvalue weighted by Crippen LogP contribution is -2.22. The van der Waals surface area contributed by atoms with Crippen LogP contribution in [-0.2, 0) is 17.6 Å². The van der Waals surface area contributed by atoms with Gasteiger partial charge in [-0.05, 0) is 75.2 Å². The van der Waals surface area contributed by atoms with Crippen molar-refractivity contribution < 1.29 is 10.2 Å². The summed E-state index contributed by atoms with van der Waals surface area (Å²) in [6.45, 7) is 0. The predicted molar refractivity (Wildman–Crippen MR) is 178 cm³/mol. The summed E-state index contributed by atoms with van der Waals surface area (Å²) in [5, 5.41) is 23.7. The first-order valence-electron chi connectivity index (χ1n) is 15.2. The van der Waals surface area contributed by atoms with E-state index in [-0.39, 0.29) is 0 Å². The number of hydrogen-bond acceptors (Lipinski definition) is 2. The Labute approximate surface area is 262 Å². The fourth-order valence-corrected chi connectivity index (χ4v) is 7.38. The Bertz CT molecular complexity index is 2100. The van der Waals surface area contributed by atoms with Crippen LogP contribution in [0.2, 0.25) is 0 Å². The van der Waals surface area contributed by atoms with Crippen molar-refractivity contribution in [2.45, 2.75) is 17.6 Å². The molecule has 0 spiro atoms. The highest BCUT2D eigenvalue weighted by Gasteiger charge is 2.41. The molecule has 0 atom stereocenters. The molecule has 2 N–H and O–H groups in total. The van der Waals surface area contributed by atoms with Crippen LogP contribution < -0.4 is 0 Å². The van der Waals surface area contributed by atoms with Gasteiger partial charge in [0.25, 0.3) is 0 Å². The van der Waals surface area contributed by atoms with E-state index < -0.39 is 11.2 Å². The smallest absolute Gasteiger partial charge is 0.178 e. The van der Waals surface area contributed by atoms with E-state index in [0.717, 1.165) is 62.1 Å². The van der Waals surface area contributed by atoms with E-state index >= 15 is 0 Å². The second-order valence-electron chi connectivity index (χ2n) is 12.0. The zero-order chi connectivity index (χ0) is 30.2. The zero-order valence-corrected chi connectivity index (χ0v) is 24.3. The number of benzene rings is 6. The van der Waals surface area contributed by atoms with Gasteiger partial charge >= 0.3 is 0 Å². The van der Waals surface area contributed by atoms with E-state index in [1.807, 2.05) is 109 Å². The average Bonchev–Trinajstić information content (AvgIpc) is 3.67. The lowest BCUT2D eigenvalue weighted by Gasteiger charge is -2.18. The van der Waals surface area contributed by atoms with E-state index in [0.29, 0.717) is 0 Å². The molecule has 0 saturated heterocycles. The molecule has 6 aromatic rings. The van der Waals surface area contributed by atoms with Gasteiger partial charge in [-0.2, -0.15) is 0 Å². The average molecular weight is 575 g/mol. The number of aliphatic hydroxyl groups is 2. The maximum atomic E-state index is 11.9. The first-order chi connectivity index (χ1) is 22.0. The molecular formula is C43H26O2. The summed E-state index contributed by atoms with van der Waals surface area (Å²) in [4.78, 5) is 0. The Morgan fingerprint density at radius 1 is 0.400 bits per heavy atom. The van der Waals surface area contributed by atoms with Crippen molar-refractivity contribution in [3.63, 3.8) is 0 Å². The Morgan fingerprint density at radius 2 is 0.733 bits per heavy atom. The largest absolute Gasteiger partial charge is 0.369 e. The molecule has 2 heteroatoms. The maximum Gasteiger partial charge on any atom is 0.178 e. The molecule has 3 aliphatic rings. The maximum absolute atomic E-state index is 11.9. The lowest BCUT2D eigenvalue weighted by molar-refractivity contribution is 0.150. The van der Waals surface area contributed by atoms with Gasteiger partial charge in [0, 0.05) is 33.4 Å². The van der Waals surface area contributed by atoms with E-state index in [4.69, 9.17) is 0 Å². The summed E-state index contributed by atoms with van der Waals surface area (Å²) >= 11 is 0. The van der Waals surface area contributed by atoms with Crippen molar-refractivity contribution in [3.8, 4) is 57.1 Å². The Kier molecular flexibility index (Phi) is 5.41. The van der Waals surface area contributed by atoms with Crippen molar-refractivity contribution in [3.05, 3.63) is 178 Å². The minimum absolute atomic E-state index is 0.779. The molecule has 0 aliphatic heterocycles. The van der Waals surface area contributed by atoms with E-state index in [2.05, 4.69) is 47.9 Å². The van der Waals surface area contributed by atoms with Crippen molar-refractivity contribution in [2.75, 3.05) is 0 Å². The van der Waals surface area contributed by atoms with Gasteiger partial charge in [0.1, 0.15) is 0 Å². The van der Waals surface area contributed by atoms with Crippen LogP contribution in [-0.4, -0.2) is 10.2 Å². The second-order valence-corrected chi connectivity index (χ2v) is 12.0. The molecule has 0 radical (unpaired) electrons. The van der Waals surface area contributed by atoms with Crippen LogP contribution in [0.4, 0.5) is 0 Å². The van der Waals surface area contributed by atoms with E-state index in [1.54, 1.807) is 0 Å². The molecule has 9 rings (SSSR count). The summed E-state index contributed by atoms with van der Waals surface area (Å²) in [7, 11) is 0. The molecule has 0 saturated carbocycles. The fraction of sp³-hybridized carbons (Fsp3) is 0.0698. The number of rotatable bonds is 0. The molecule has 0 heterocycles. The molecule has 2 nitrogen and oxygen atoms in total. The first-order valence-corrected chi connectivity index (χ1v) is 15.2. The SMILES string of the molecule is OC1(C#Cc2ccc3c(c2)Cc2cc(C#CC4(O)c5ccccc5-c5ccccc54)ccc2-3)c2ccccc2-c2ccccc21. The Morgan fingerprint density at radius 3 is 1.09 bits per heavy atom. The molecule has 0 bridgehead atoms. The number of fused-ring (bicyclic) bond motifs is 9. The van der Waals surface area contributed by atoms with Crippen molar-refractivity contribution in [1.82, 2.24) is 0 Å². The van der Waals surface area contributed by atoms with Gasteiger partial charge in [-0.3, -0.25) is 0 Å². The molecule has 3 aliphatic carbocycles. The highest BCUT2D eigenvalue weighted by atomic mass is 16.3. The summed E-state index contributed by atoms with van der Waals surface area (Å²) in [6, 6.07) is 44.5. The van der Waals surface area contributed by atoms with Crippen LogP contribution in [0, 0.1) is 23.7 Å². The van der Waals surface area contributed by atoms with Crippen LogP contribution in [0.3, 0.4) is 0 Å². The van der Waals surface area contributed by atoms with Gasteiger partial charge in [-0.1, -0.05) is 133 Å². The quantitative estimate of drug-likeness (QED) is 0.182. The predicted octanol–water partition coefficient (Wildman–Crippen LogP) is 7.79. The lowest BCUT2D eigenvalue weighted by atomic mass is 9.91. The van der Waals surface area contributed by atoms with Crippen LogP contribution in [0.15, 0.2) is 133 Å².